The van der Waals surface area contributed by atoms with Gasteiger partial charge in [0.1, 0.15) is 5.75 Å². The summed E-state index contributed by atoms with van der Waals surface area (Å²) in [4.78, 5) is 0.0536. The molecule has 0 amide bonds. The Kier molecular flexibility index (Phi) is 6.98. The molecule has 0 fully saturated rings. The van der Waals surface area contributed by atoms with Crippen molar-refractivity contribution in [1.29, 1.82) is 0 Å². The van der Waals surface area contributed by atoms with E-state index in [1.165, 1.54) is 6.07 Å². The summed E-state index contributed by atoms with van der Waals surface area (Å²) in [6, 6.07) is 20.0. The molecule has 0 heterocycles. The van der Waals surface area contributed by atoms with Crippen LogP contribution in [0, 0.1) is 13.8 Å². The molecule has 0 saturated carbocycles. The maximum atomic E-state index is 12.2. The molecule has 6 nitrogen and oxygen atoms in total. The average Bonchev–Trinajstić information content (AvgIpc) is 2.70. The van der Waals surface area contributed by atoms with Crippen LogP contribution in [0.5, 0.6) is 0 Å². The Morgan fingerprint density at radius 1 is 0.839 bits per heavy atom. The second-order valence-corrected chi connectivity index (χ2v) is 12.5. The molecule has 0 radical (unpaired) electrons. The van der Waals surface area contributed by atoms with E-state index in [-0.39, 0.29) is 4.90 Å². The molecule has 0 spiro atoms. The van der Waals surface area contributed by atoms with Gasteiger partial charge in [-0.15, -0.1) is 0 Å². The molecule has 9 heteroatoms. The zero-order chi connectivity index (χ0) is 22.8. The highest BCUT2D eigenvalue weighted by Gasteiger charge is 2.22. The number of aryl methyl sites for hydroxylation is 2. The van der Waals surface area contributed by atoms with E-state index in [1.807, 2.05) is 49.4 Å². The van der Waals surface area contributed by atoms with Gasteiger partial charge in [-0.05, 0) is 67.0 Å². The third-order valence-corrected chi connectivity index (χ3v) is 9.10. The van der Waals surface area contributed by atoms with Crippen LogP contribution in [0.15, 0.2) is 71.6 Å². The summed E-state index contributed by atoms with van der Waals surface area (Å²) in [6.07, 6.45) is 0. The van der Waals surface area contributed by atoms with Crippen molar-refractivity contribution < 1.29 is 25.6 Å². The van der Waals surface area contributed by atoms with Crippen LogP contribution < -0.4 is 15.9 Å². The lowest BCUT2D eigenvalue weighted by Crippen LogP contribution is -2.22. The third kappa shape index (κ3) is 5.79. The van der Waals surface area contributed by atoms with Crippen molar-refractivity contribution >= 4 is 44.1 Å². The summed E-state index contributed by atoms with van der Waals surface area (Å²) in [5, 5.41) is 2.61. The van der Waals surface area contributed by atoms with Crippen molar-refractivity contribution in [2.45, 2.75) is 24.5 Å². The average molecular weight is 479 g/mol. The Morgan fingerprint density at radius 2 is 1.45 bits per heavy atom. The van der Waals surface area contributed by atoms with Gasteiger partial charge >= 0.3 is 0 Å². The third-order valence-electron chi connectivity index (χ3n) is 4.77. The minimum Gasteiger partial charge on any atom is -0.285 e. The second kappa shape index (κ2) is 9.18. The fraction of sp³-hybridized carbons (Fsp3) is 0.182. The maximum Gasteiger partial charge on any atom is 0.296 e. The minimum atomic E-state index is -4.20. The SMILES string of the molecule is COS(=O)(=O)c1cccc(P(c2cccc(C)c2)c2ccc(C)c(CS(=O)(=O)O)c2)c1. The van der Waals surface area contributed by atoms with Crippen LogP contribution >= 0.6 is 7.92 Å². The van der Waals surface area contributed by atoms with Gasteiger partial charge in [0.2, 0.25) is 0 Å². The van der Waals surface area contributed by atoms with Crippen molar-refractivity contribution in [3.63, 3.8) is 0 Å². The fourth-order valence-electron chi connectivity index (χ4n) is 3.24. The number of rotatable bonds is 7. The van der Waals surface area contributed by atoms with Crippen LogP contribution in [0.4, 0.5) is 0 Å². The molecule has 3 aromatic carbocycles. The Bertz CT molecular complexity index is 1320. The summed E-state index contributed by atoms with van der Waals surface area (Å²) < 4.78 is 61.5. The predicted octanol–water partition coefficient (Wildman–Crippen LogP) is 2.78. The summed E-state index contributed by atoms with van der Waals surface area (Å²) in [7, 11) is -8.14. The van der Waals surface area contributed by atoms with Crippen molar-refractivity contribution in [2.24, 2.45) is 0 Å². The molecule has 0 aliphatic rings. The quantitative estimate of drug-likeness (QED) is 0.319. The van der Waals surface area contributed by atoms with Crippen molar-refractivity contribution in [3.05, 3.63) is 83.4 Å². The Labute approximate surface area is 184 Å². The molecule has 1 N–H and O–H groups in total. The number of benzene rings is 3. The molecular weight excluding hydrogens is 455 g/mol. The standard InChI is InChI=1S/C22H23O6PS2/c1-16-6-4-7-19(12-16)29(20-8-5-9-22(14-20)31(26,27)28-3)21-11-10-17(2)18(13-21)15-30(23,24)25/h4-14H,15H2,1-3H3,(H,23,24,25). The molecule has 0 aliphatic carbocycles. The molecule has 1 atom stereocenters. The molecule has 0 saturated heterocycles. The van der Waals surface area contributed by atoms with E-state index in [1.54, 1.807) is 25.1 Å². The van der Waals surface area contributed by atoms with Crippen LogP contribution in [0.1, 0.15) is 16.7 Å². The highest BCUT2D eigenvalue weighted by atomic mass is 32.2. The fourth-order valence-corrected chi connectivity index (χ4v) is 7.21. The topological polar surface area (TPSA) is 97.7 Å². The monoisotopic (exact) mass is 478 g/mol. The molecular formula is C22H23O6PS2. The van der Waals surface area contributed by atoms with Crippen molar-refractivity contribution in [2.75, 3.05) is 7.11 Å². The summed E-state index contributed by atoms with van der Waals surface area (Å²) >= 11 is 0. The lowest BCUT2D eigenvalue weighted by Gasteiger charge is -2.21. The van der Waals surface area contributed by atoms with Gasteiger partial charge in [0.15, 0.2) is 0 Å². The molecule has 0 aliphatic heterocycles. The molecule has 31 heavy (non-hydrogen) atoms. The van der Waals surface area contributed by atoms with E-state index < -0.39 is 33.9 Å². The van der Waals surface area contributed by atoms with E-state index in [4.69, 9.17) is 0 Å². The molecule has 3 rings (SSSR count). The van der Waals surface area contributed by atoms with Crippen LogP contribution in [0.25, 0.3) is 0 Å². The first kappa shape index (κ1) is 23.6. The predicted molar refractivity (Wildman–Crippen MR) is 124 cm³/mol. The lowest BCUT2D eigenvalue weighted by atomic mass is 10.1. The van der Waals surface area contributed by atoms with Gasteiger partial charge in [-0.3, -0.25) is 8.74 Å². The first-order valence-electron chi connectivity index (χ1n) is 9.32. The normalized spacial score (nSPS) is 13.2. The summed E-state index contributed by atoms with van der Waals surface area (Å²) in [6.45, 7) is 3.76. The highest BCUT2D eigenvalue weighted by molar-refractivity contribution is 7.87. The van der Waals surface area contributed by atoms with Gasteiger partial charge < -0.3 is 0 Å². The Hall–Kier alpha value is -2.09. The van der Waals surface area contributed by atoms with Crippen molar-refractivity contribution in [1.82, 2.24) is 0 Å². The Morgan fingerprint density at radius 3 is 2.06 bits per heavy atom. The molecule has 0 aromatic heterocycles. The Balaban J connectivity index is 2.23. The number of hydrogen-bond donors (Lipinski definition) is 1. The molecule has 0 bridgehead atoms. The van der Waals surface area contributed by atoms with Crippen LogP contribution in [-0.2, 0) is 30.2 Å². The van der Waals surface area contributed by atoms with E-state index in [2.05, 4.69) is 4.18 Å². The molecule has 164 valence electrons. The second-order valence-electron chi connectivity index (χ2n) is 7.13. The van der Waals surface area contributed by atoms with Crippen LogP contribution in [0.3, 0.4) is 0 Å². The van der Waals surface area contributed by atoms with E-state index >= 15 is 0 Å². The minimum absolute atomic E-state index is 0.0536. The molecule has 1 unspecified atom stereocenters. The zero-order valence-corrected chi connectivity index (χ0v) is 19.8. The van der Waals surface area contributed by atoms with Crippen LogP contribution in [-0.4, -0.2) is 28.5 Å². The van der Waals surface area contributed by atoms with Gasteiger partial charge in [0, 0.05) is 0 Å². The highest BCUT2D eigenvalue weighted by Crippen LogP contribution is 2.34. The van der Waals surface area contributed by atoms with E-state index in [0.717, 1.165) is 34.2 Å². The molecule has 3 aromatic rings. The first-order valence-corrected chi connectivity index (χ1v) is 13.7. The van der Waals surface area contributed by atoms with Crippen LogP contribution in [0.2, 0.25) is 0 Å². The van der Waals surface area contributed by atoms with Gasteiger partial charge in [-0.1, -0.05) is 54.1 Å². The van der Waals surface area contributed by atoms with Gasteiger partial charge in [-0.25, -0.2) is 0 Å². The number of hydrogen-bond acceptors (Lipinski definition) is 5. The lowest BCUT2D eigenvalue weighted by molar-refractivity contribution is 0.398. The first-order chi connectivity index (χ1) is 14.5. The van der Waals surface area contributed by atoms with Gasteiger partial charge in [0.25, 0.3) is 20.2 Å². The zero-order valence-electron chi connectivity index (χ0n) is 17.3. The summed E-state index contributed by atoms with van der Waals surface area (Å²) in [5.74, 6) is -0.484. The maximum absolute atomic E-state index is 12.2. The van der Waals surface area contributed by atoms with E-state index in [9.17, 15) is 21.4 Å². The summed E-state index contributed by atoms with van der Waals surface area (Å²) in [5.41, 5.74) is 2.30. The van der Waals surface area contributed by atoms with E-state index in [0.29, 0.717) is 5.56 Å². The van der Waals surface area contributed by atoms with Gasteiger partial charge in [0.05, 0.1) is 12.0 Å². The van der Waals surface area contributed by atoms with Crippen molar-refractivity contribution in [3.8, 4) is 0 Å². The largest absolute Gasteiger partial charge is 0.296 e. The smallest absolute Gasteiger partial charge is 0.285 e. The van der Waals surface area contributed by atoms with Gasteiger partial charge in [-0.2, -0.15) is 16.8 Å².